The molecule has 0 aromatic heterocycles. The van der Waals surface area contributed by atoms with E-state index in [-0.39, 0.29) is 0 Å². The van der Waals surface area contributed by atoms with Crippen LogP contribution in [0.15, 0.2) is 0 Å². The van der Waals surface area contributed by atoms with Crippen LogP contribution in [0.3, 0.4) is 0 Å². The average Bonchev–Trinajstić information content (AvgIpc) is 2.51. The van der Waals surface area contributed by atoms with Gasteiger partial charge in [-0.2, -0.15) is 0 Å². The third-order valence-electron chi connectivity index (χ3n) is 3.65. The molecule has 3 heteroatoms. The summed E-state index contributed by atoms with van der Waals surface area (Å²) in [5, 5.41) is 8.50. The summed E-state index contributed by atoms with van der Waals surface area (Å²) in [5.74, 6) is -0.666. The Morgan fingerprint density at radius 1 is 1.29 bits per heavy atom. The third-order valence-corrected chi connectivity index (χ3v) is 3.65. The fourth-order valence-corrected chi connectivity index (χ4v) is 2.96. The van der Waals surface area contributed by atoms with Crippen LogP contribution in [0.2, 0.25) is 0 Å². The predicted octanol–water partition coefficient (Wildman–Crippen LogP) is 1.73. The average molecular weight is 197 g/mol. The Balaban J connectivity index is 1.61. The minimum absolute atomic E-state index is 0.323. The largest absolute Gasteiger partial charge is 0.481 e. The highest BCUT2D eigenvalue weighted by Gasteiger charge is 2.43. The van der Waals surface area contributed by atoms with Crippen LogP contribution in [0.4, 0.5) is 0 Å². The molecule has 1 N–H and O–H groups in total. The summed E-state index contributed by atoms with van der Waals surface area (Å²) in [4.78, 5) is 12.7. The van der Waals surface area contributed by atoms with E-state index >= 15 is 0 Å². The molecular formula is C11H19NO2. The molecule has 3 nitrogen and oxygen atoms in total. The molecule has 2 rings (SSSR count). The zero-order valence-corrected chi connectivity index (χ0v) is 8.67. The maximum Gasteiger partial charge on any atom is 0.303 e. The lowest BCUT2D eigenvalue weighted by Crippen LogP contribution is -2.54. The van der Waals surface area contributed by atoms with Gasteiger partial charge in [-0.25, -0.2) is 0 Å². The van der Waals surface area contributed by atoms with Crippen molar-refractivity contribution in [2.45, 2.75) is 38.5 Å². The standard InChI is InChI=1S/C11H19NO2/c13-10(14)4-3-7-12-8-11(9-12)5-1-2-6-11/h1-9H2,(H,13,14). The number of rotatable bonds is 4. The lowest BCUT2D eigenvalue weighted by molar-refractivity contribution is -0.137. The van der Waals surface area contributed by atoms with Crippen LogP contribution in [0, 0.1) is 5.41 Å². The monoisotopic (exact) mass is 197 g/mol. The molecule has 2 fully saturated rings. The Hall–Kier alpha value is -0.570. The van der Waals surface area contributed by atoms with Crippen molar-refractivity contribution in [3.05, 3.63) is 0 Å². The molecule has 0 bridgehead atoms. The molecule has 1 saturated heterocycles. The van der Waals surface area contributed by atoms with Crippen molar-refractivity contribution in [2.24, 2.45) is 5.41 Å². The number of nitrogens with zero attached hydrogens (tertiary/aromatic N) is 1. The van der Waals surface area contributed by atoms with Gasteiger partial charge in [-0.3, -0.25) is 4.79 Å². The van der Waals surface area contributed by atoms with Gasteiger partial charge in [0.2, 0.25) is 0 Å². The summed E-state index contributed by atoms with van der Waals surface area (Å²) in [6, 6.07) is 0. The Kier molecular flexibility index (Phi) is 2.77. The van der Waals surface area contributed by atoms with Crippen molar-refractivity contribution in [1.82, 2.24) is 4.90 Å². The number of aliphatic carboxylic acids is 1. The van der Waals surface area contributed by atoms with E-state index in [4.69, 9.17) is 5.11 Å². The summed E-state index contributed by atoms with van der Waals surface area (Å²) >= 11 is 0. The van der Waals surface area contributed by atoms with Crippen LogP contribution in [0.1, 0.15) is 38.5 Å². The fourth-order valence-electron chi connectivity index (χ4n) is 2.96. The van der Waals surface area contributed by atoms with E-state index in [0.717, 1.165) is 13.0 Å². The molecule has 80 valence electrons. The quantitative estimate of drug-likeness (QED) is 0.746. The maximum atomic E-state index is 10.3. The summed E-state index contributed by atoms with van der Waals surface area (Å²) in [7, 11) is 0. The van der Waals surface area contributed by atoms with Crippen molar-refractivity contribution in [3.8, 4) is 0 Å². The zero-order chi connectivity index (χ0) is 10.0. The van der Waals surface area contributed by atoms with E-state index in [1.165, 1.54) is 38.8 Å². The van der Waals surface area contributed by atoms with Crippen molar-refractivity contribution in [1.29, 1.82) is 0 Å². The van der Waals surface area contributed by atoms with Gasteiger partial charge in [-0.05, 0) is 31.2 Å². The summed E-state index contributed by atoms with van der Waals surface area (Å²) in [6.07, 6.45) is 6.76. The van der Waals surface area contributed by atoms with Crippen LogP contribution >= 0.6 is 0 Å². The highest BCUT2D eigenvalue weighted by atomic mass is 16.4. The SMILES string of the molecule is O=C(O)CCCN1CC2(CCCC2)C1. The summed E-state index contributed by atoms with van der Waals surface area (Å²) < 4.78 is 0. The smallest absolute Gasteiger partial charge is 0.303 e. The number of hydrogen-bond donors (Lipinski definition) is 1. The molecule has 0 aromatic carbocycles. The maximum absolute atomic E-state index is 10.3. The van der Waals surface area contributed by atoms with Crippen molar-refractivity contribution in [2.75, 3.05) is 19.6 Å². The van der Waals surface area contributed by atoms with Crippen LogP contribution < -0.4 is 0 Å². The Morgan fingerprint density at radius 2 is 1.93 bits per heavy atom. The second-order valence-corrected chi connectivity index (χ2v) is 4.92. The molecule has 1 spiro atoms. The normalized spacial score (nSPS) is 25.1. The summed E-state index contributed by atoms with van der Waals surface area (Å²) in [5.41, 5.74) is 0.656. The van der Waals surface area contributed by atoms with Gasteiger partial charge in [0.25, 0.3) is 0 Å². The molecule has 1 aliphatic heterocycles. The van der Waals surface area contributed by atoms with Crippen LogP contribution in [-0.4, -0.2) is 35.6 Å². The lowest BCUT2D eigenvalue weighted by Gasteiger charge is -2.48. The van der Waals surface area contributed by atoms with Gasteiger partial charge in [0.15, 0.2) is 0 Å². The van der Waals surface area contributed by atoms with Crippen molar-refractivity contribution < 1.29 is 9.90 Å². The van der Waals surface area contributed by atoms with Crippen molar-refractivity contribution in [3.63, 3.8) is 0 Å². The van der Waals surface area contributed by atoms with Gasteiger partial charge in [-0.15, -0.1) is 0 Å². The second-order valence-electron chi connectivity index (χ2n) is 4.92. The van der Waals surface area contributed by atoms with Crippen LogP contribution in [0.25, 0.3) is 0 Å². The molecule has 1 saturated carbocycles. The van der Waals surface area contributed by atoms with Crippen LogP contribution in [-0.2, 0) is 4.79 Å². The van der Waals surface area contributed by atoms with E-state index in [1.807, 2.05) is 0 Å². The van der Waals surface area contributed by atoms with E-state index in [2.05, 4.69) is 4.90 Å². The molecule has 14 heavy (non-hydrogen) atoms. The number of carbonyl (C=O) groups is 1. The topological polar surface area (TPSA) is 40.5 Å². The number of carboxylic acid groups (broad SMARTS) is 1. The molecule has 1 aliphatic carbocycles. The van der Waals surface area contributed by atoms with Crippen LogP contribution in [0.5, 0.6) is 0 Å². The minimum Gasteiger partial charge on any atom is -0.481 e. The van der Waals surface area contributed by atoms with Crippen molar-refractivity contribution >= 4 is 5.97 Å². The molecule has 0 aromatic rings. The first-order valence-electron chi connectivity index (χ1n) is 5.64. The third kappa shape index (κ3) is 2.08. The minimum atomic E-state index is -0.666. The Morgan fingerprint density at radius 3 is 2.50 bits per heavy atom. The van der Waals surface area contributed by atoms with Gasteiger partial charge in [0.05, 0.1) is 0 Å². The molecule has 1 heterocycles. The van der Waals surface area contributed by atoms with Gasteiger partial charge < -0.3 is 10.0 Å². The molecule has 0 amide bonds. The molecular weight excluding hydrogens is 178 g/mol. The number of carboxylic acids is 1. The van der Waals surface area contributed by atoms with Gasteiger partial charge >= 0.3 is 5.97 Å². The number of hydrogen-bond acceptors (Lipinski definition) is 2. The van der Waals surface area contributed by atoms with Gasteiger partial charge in [0, 0.05) is 19.5 Å². The highest BCUT2D eigenvalue weighted by molar-refractivity contribution is 5.66. The Bertz CT molecular complexity index is 213. The second kappa shape index (κ2) is 3.89. The number of likely N-dealkylation sites (tertiary alicyclic amines) is 1. The zero-order valence-electron chi connectivity index (χ0n) is 8.67. The summed E-state index contributed by atoms with van der Waals surface area (Å²) in [6.45, 7) is 3.44. The fraction of sp³-hybridized carbons (Fsp3) is 0.909. The Labute approximate surface area is 85.1 Å². The molecule has 0 atom stereocenters. The van der Waals surface area contributed by atoms with E-state index in [9.17, 15) is 4.79 Å². The first-order chi connectivity index (χ1) is 6.70. The molecule has 2 aliphatic rings. The van der Waals surface area contributed by atoms with E-state index in [0.29, 0.717) is 11.8 Å². The van der Waals surface area contributed by atoms with Gasteiger partial charge in [0.1, 0.15) is 0 Å². The molecule has 0 unspecified atom stereocenters. The predicted molar refractivity (Wildman–Crippen MR) is 54.2 cm³/mol. The van der Waals surface area contributed by atoms with E-state index < -0.39 is 5.97 Å². The lowest BCUT2D eigenvalue weighted by atomic mass is 9.78. The first kappa shape index (κ1) is 9.97. The highest BCUT2D eigenvalue weighted by Crippen LogP contribution is 2.45. The first-order valence-corrected chi connectivity index (χ1v) is 5.64. The molecule has 0 radical (unpaired) electrons. The van der Waals surface area contributed by atoms with Gasteiger partial charge in [-0.1, -0.05) is 12.8 Å². The van der Waals surface area contributed by atoms with E-state index in [1.54, 1.807) is 0 Å².